The van der Waals surface area contributed by atoms with Crippen molar-refractivity contribution in [3.63, 3.8) is 0 Å². The summed E-state index contributed by atoms with van der Waals surface area (Å²) in [6.07, 6.45) is 0.519. The van der Waals surface area contributed by atoms with Crippen LogP contribution in [0.1, 0.15) is 23.6 Å². The van der Waals surface area contributed by atoms with E-state index in [4.69, 9.17) is 21.1 Å². The monoisotopic (exact) mass is 259 g/mol. The Morgan fingerprint density at radius 2 is 2.12 bits per heavy atom. The Kier molecular flexibility index (Phi) is 3.92. The fourth-order valence-electron chi connectivity index (χ4n) is 1.45. The summed E-state index contributed by atoms with van der Waals surface area (Å²) in [5, 5.41) is 18.0. The van der Waals surface area contributed by atoms with Crippen LogP contribution in [0.4, 0.5) is 0 Å². The van der Waals surface area contributed by atoms with Gasteiger partial charge in [0.25, 0.3) is 9.05 Å². The molecule has 0 aromatic heterocycles. The molecule has 4 nitrogen and oxygen atoms in total. The summed E-state index contributed by atoms with van der Waals surface area (Å²) in [5.74, 6) is 0. The van der Waals surface area contributed by atoms with Crippen LogP contribution in [0.25, 0.3) is 0 Å². The van der Waals surface area contributed by atoms with Crippen molar-refractivity contribution in [1.82, 2.24) is 0 Å². The molecular weight excluding hydrogens is 250 g/mol. The van der Waals surface area contributed by atoms with Crippen molar-refractivity contribution < 1.29 is 13.5 Å². The van der Waals surface area contributed by atoms with E-state index in [1.807, 2.05) is 6.07 Å². The lowest BCUT2D eigenvalue weighted by molar-refractivity contribution is 0.280. The molecule has 0 radical (unpaired) electrons. The zero-order chi connectivity index (χ0) is 12.3. The van der Waals surface area contributed by atoms with E-state index in [0.29, 0.717) is 17.5 Å². The van der Waals surface area contributed by atoms with Gasteiger partial charge in [-0.1, -0.05) is 6.92 Å². The minimum Gasteiger partial charge on any atom is -0.392 e. The molecule has 0 saturated carbocycles. The fraction of sp³-hybridized carbons (Fsp3) is 0.300. The van der Waals surface area contributed by atoms with Gasteiger partial charge in [0.15, 0.2) is 0 Å². The van der Waals surface area contributed by atoms with Gasteiger partial charge in [0.2, 0.25) is 0 Å². The van der Waals surface area contributed by atoms with Gasteiger partial charge in [0, 0.05) is 10.7 Å². The van der Waals surface area contributed by atoms with E-state index in [0.717, 1.165) is 0 Å². The third-order valence-corrected chi connectivity index (χ3v) is 3.59. The topological polar surface area (TPSA) is 78.2 Å². The van der Waals surface area contributed by atoms with E-state index in [1.54, 1.807) is 6.92 Å². The average molecular weight is 260 g/mol. The number of nitrogens with zero attached hydrogens (tertiary/aromatic N) is 1. The molecule has 0 aliphatic carbocycles. The van der Waals surface area contributed by atoms with Crippen LogP contribution in [0.5, 0.6) is 0 Å². The molecular formula is C10H10ClNO3S. The predicted molar refractivity (Wildman–Crippen MR) is 59.5 cm³/mol. The zero-order valence-corrected chi connectivity index (χ0v) is 10.1. The number of benzene rings is 1. The van der Waals surface area contributed by atoms with Crippen molar-refractivity contribution in [1.29, 1.82) is 5.26 Å². The van der Waals surface area contributed by atoms with Crippen molar-refractivity contribution in [2.75, 3.05) is 0 Å². The lowest BCUT2D eigenvalue weighted by atomic mass is 10.0. The third kappa shape index (κ3) is 2.53. The van der Waals surface area contributed by atoms with E-state index in [2.05, 4.69) is 0 Å². The summed E-state index contributed by atoms with van der Waals surface area (Å²) in [4.78, 5) is -0.111. The van der Waals surface area contributed by atoms with Gasteiger partial charge in [0.05, 0.1) is 23.1 Å². The van der Waals surface area contributed by atoms with Crippen LogP contribution in [0, 0.1) is 11.3 Å². The van der Waals surface area contributed by atoms with Gasteiger partial charge in [0.1, 0.15) is 0 Å². The van der Waals surface area contributed by atoms with Gasteiger partial charge >= 0.3 is 0 Å². The summed E-state index contributed by atoms with van der Waals surface area (Å²) in [6.45, 7) is 1.51. The van der Waals surface area contributed by atoms with Gasteiger partial charge in [-0.3, -0.25) is 0 Å². The molecule has 86 valence electrons. The van der Waals surface area contributed by atoms with Gasteiger partial charge in [-0.15, -0.1) is 0 Å². The normalized spacial score (nSPS) is 11.1. The van der Waals surface area contributed by atoms with E-state index in [-0.39, 0.29) is 17.1 Å². The standard InChI is InChI=1S/C10H10ClNO3S/c1-2-7-3-9(16(11,14)15)4-8(5-12)10(7)6-13/h3-4,13H,2,6H2,1H3. The number of hydrogen-bond donors (Lipinski definition) is 1. The second-order valence-corrected chi connectivity index (χ2v) is 5.74. The smallest absolute Gasteiger partial charge is 0.261 e. The number of nitriles is 1. The van der Waals surface area contributed by atoms with Gasteiger partial charge in [-0.05, 0) is 29.7 Å². The van der Waals surface area contributed by atoms with Crippen molar-refractivity contribution in [2.45, 2.75) is 24.8 Å². The molecule has 16 heavy (non-hydrogen) atoms. The molecule has 6 heteroatoms. The first-order valence-electron chi connectivity index (χ1n) is 4.55. The first-order valence-corrected chi connectivity index (χ1v) is 6.86. The maximum atomic E-state index is 11.2. The maximum Gasteiger partial charge on any atom is 0.261 e. The van der Waals surface area contributed by atoms with Crippen LogP contribution in [0.15, 0.2) is 17.0 Å². The summed E-state index contributed by atoms with van der Waals surface area (Å²) >= 11 is 0. The number of hydrogen-bond acceptors (Lipinski definition) is 4. The fourth-order valence-corrected chi connectivity index (χ4v) is 2.25. The molecule has 0 saturated heterocycles. The molecule has 1 aromatic carbocycles. The quantitative estimate of drug-likeness (QED) is 0.835. The molecule has 1 rings (SSSR count). The number of rotatable bonds is 3. The van der Waals surface area contributed by atoms with Gasteiger partial charge in [-0.2, -0.15) is 5.26 Å². The molecule has 0 unspecified atom stereocenters. The van der Waals surface area contributed by atoms with Crippen molar-refractivity contribution >= 4 is 19.7 Å². The molecule has 0 heterocycles. The minimum atomic E-state index is -3.85. The number of aliphatic hydroxyl groups excluding tert-OH is 1. The number of halogens is 1. The molecule has 0 spiro atoms. The lowest BCUT2D eigenvalue weighted by Gasteiger charge is -2.09. The Bertz CT molecular complexity index is 546. The highest BCUT2D eigenvalue weighted by Crippen LogP contribution is 2.23. The largest absolute Gasteiger partial charge is 0.392 e. The van der Waals surface area contributed by atoms with Crippen molar-refractivity contribution in [3.05, 3.63) is 28.8 Å². The number of aliphatic hydroxyl groups is 1. The SMILES string of the molecule is CCc1cc(S(=O)(=O)Cl)cc(C#N)c1CO. The third-order valence-electron chi connectivity index (χ3n) is 2.26. The zero-order valence-electron chi connectivity index (χ0n) is 8.57. The van der Waals surface area contributed by atoms with Crippen LogP contribution < -0.4 is 0 Å². The Morgan fingerprint density at radius 3 is 2.50 bits per heavy atom. The van der Waals surface area contributed by atoms with Crippen molar-refractivity contribution in [2.24, 2.45) is 0 Å². The highest BCUT2D eigenvalue weighted by atomic mass is 35.7. The Labute approximate surface area is 98.5 Å². The molecule has 0 bridgehead atoms. The van der Waals surface area contributed by atoms with E-state index < -0.39 is 9.05 Å². The van der Waals surface area contributed by atoms with Crippen LogP contribution in [-0.2, 0) is 22.1 Å². The summed E-state index contributed by atoms with van der Waals surface area (Å²) in [5.41, 5.74) is 1.20. The minimum absolute atomic E-state index is 0.111. The van der Waals surface area contributed by atoms with Crippen LogP contribution in [0.3, 0.4) is 0 Å². The molecule has 1 aromatic rings. The highest BCUT2D eigenvalue weighted by Gasteiger charge is 2.16. The maximum absolute atomic E-state index is 11.2. The summed E-state index contributed by atoms with van der Waals surface area (Å²) < 4.78 is 22.3. The number of aryl methyl sites for hydroxylation is 1. The van der Waals surface area contributed by atoms with Crippen LogP contribution in [0.2, 0.25) is 0 Å². The molecule has 0 aliphatic rings. The Morgan fingerprint density at radius 1 is 1.50 bits per heavy atom. The molecule has 0 atom stereocenters. The van der Waals surface area contributed by atoms with E-state index >= 15 is 0 Å². The second-order valence-electron chi connectivity index (χ2n) is 3.17. The van der Waals surface area contributed by atoms with Gasteiger partial charge < -0.3 is 5.11 Å². The molecule has 0 amide bonds. The molecule has 0 fully saturated rings. The van der Waals surface area contributed by atoms with Crippen LogP contribution in [-0.4, -0.2) is 13.5 Å². The van der Waals surface area contributed by atoms with Crippen LogP contribution >= 0.6 is 10.7 Å². The first-order chi connectivity index (χ1) is 7.43. The molecule has 0 aliphatic heterocycles. The highest BCUT2D eigenvalue weighted by molar-refractivity contribution is 8.13. The predicted octanol–water partition coefficient (Wildman–Crippen LogP) is 1.54. The first kappa shape index (κ1) is 13.0. The van der Waals surface area contributed by atoms with Crippen molar-refractivity contribution in [3.8, 4) is 6.07 Å². The van der Waals surface area contributed by atoms with E-state index in [1.165, 1.54) is 12.1 Å². The van der Waals surface area contributed by atoms with E-state index in [9.17, 15) is 8.42 Å². The lowest BCUT2D eigenvalue weighted by Crippen LogP contribution is -2.01. The summed E-state index contributed by atoms with van der Waals surface area (Å²) in [6, 6.07) is 4.41. The summed E-state index contributed by atoms with van der Waals surface area (Å²) in [7, 11) is 1.36. The average Bonchev–Trinajstić information content (AvgIpc) is 2.25. The van der Waals surface area contributed by atoms with Gasteiger partial charge in [-0.25, -0.2) is 8.42 Å². The second kappa shape index (κ2) is 4.83. The Hall–Kier alpha value is -1.09. The molecule has 1 N–H and O–H groups in total. The Balaban J connectivity index is 3.58.